The number of hydrogen-bond donors (Lipinski definition) is 3. The maximum atomic E-state index is 11.6. The number of rotatable bonds is 8. The third kappa shape index (κ3) is 6.11. The van der Waals surface area contributed by atoms with Gasteiger partial charge in [-0.25, -0.2) is 4.79 Å². The van der Waals surface area contributed by atoms with Crippen LogP contribution in [0.25, 0.3) is 0 Å². The summed E-state index contributed by atoms with van der Waals surface area (Å²) in [7, 11) is 0. The fourth-order valence-electron chi connectivity index (χ4n) is 2.74. The average Bonchev–Trinajstić information content (AvgIpc) is 2.60. The first-order chi connectivity index (χ1) is 11.6. The lowest BCUT2D eigenvalue weighted by Crippen LogP contribution is -2.40. The number of carbonyl (C=O) groups is 1. The Hall–Kier alpha value is -1.63. The van der Waals surface area contributed by atoms with Crippen molar-refractivity contribution < 1.29 is 24.5 Å². The minimum atomic E-state index is -0.610. The van der Waals surface area contributed by atoms with Gasteiger partial charge in [0.15, 0.2) is 0 Å². The van der Waals surface area contributed by atoms with Crippen LogP contribution < -0.4 is 10.1 Å². The molecule has 1 atom stereocenters. The summed E-state index contributed by atoms with van der Waals surface area (Å²) in [5.74, 6) is 0.244. The SMILES string of the molecule is CCOC(=O)c1ccc(OCC(O)CNC2CCC(O)CC2)cc1. The second-order valence-electron chi connectivity index (χ2n) is 6.12. The second-order valence-corrected chi connectivity index (χ2v) is 6.12. The van der Waals surface area contributed by atoms with E-state index in [1.165, 1.54) is 0 Å². The highest BCUT2D eigenvalue weighted by atomic mass is 16.5. The van der Waals surface area contributed by atoms with Crippen LogP contribution in [0, 0.1) is 0 Å². The van der Waals surface area contributed by atoms with Gasteiger partial charge in [0.05, 0.1) is 18.3 Å². The number of aliphatic hydroxyl groups is 2. The quantitative estimate of drug-likeness (QED) is 0.623. The minimum Gasteiger partial charge on any atom is -0.491 e. The largest absolute Gasteiger partial charge is 0.491 e. The van der Waals surface area contributed by atoms with Gasteiger partial charge in [-0.1, -0.05) is 0 Å². The molecule has 1 aliphatic rings. The van der Waals surface area contributed by atoms with Gasteiger partial charge in [0, 0.05) is 12.6 Å². The van der Waals surface area contributed by atoms with Crippen molar-refractivity contribution in [3.8, 4) is 5.75 Å². The molecule has 0 heterocycles. The topological polar surface area (TPSA) is 88.0 Å². The van der Waals surface area contributed by atoms with Crippen LogP contribution in [0.1, 0.15) is 43.0 Å². The Morgan fingerprint density at radius 2 is 1.92 bits per heavy atom. The Kier molecular flexibility index (Phi) is 7.49. The molecule has 134 valence electrons. The molecule has 1 aromatic rings. The first kappa shape index (κ1) is 18.7. The van der Waals surface area contributed by atoms with Crippen LogP contribution >= 0.6 is 0 Å². The van der Waals surface area contributed by atoms with E-state index in [1.807, 2.05) is 0 Å². The van der Waals surface area contributed by atoms with Crippen LogP contribution in [-0.2, 0) is 4.74 Å². The normalized spacial score (nSPS) is 22.0. The van der Waals surface area contributed by atoms with Crippen LogP contribution in [0.4, 0.5) is 0 Å². The molecule has 1 aromatic carbocycles. The van der Waals surface area contributed by atoms with Crippen molar-refractivity contribution in [2.24, 2.45) is 0 Å². The Morgan fingerprint density at radius 1 is 1.25 bits per heavy atom. The van der Waals surface area contributed by atoms with Crippen molar-refractivity contribution in [2.45, 2.75) is 50.9 Å². The molecule has 0 amide bonds. The highest BCUT2D eigenvalue weighted by Crippen LogP contribution is 2.18. The molecule has 6 nitrogen and oxygen atoms in total. The number of benzene rings is 1. The van der Waals surface area contributed by atoms with Crippen molar-refractivity contribution in [1.29, 1.82) is 0 Å². The molecule has 0 aromatic heterocycles. The van der Waals surface area contributed by atoms with E-state index in [0.29, 0.717) is 30.5 Å². The highest BCUT2D eigenvalue weighted by Gasteiger charge is 2.19. The van der Waals surface area contributed by atoms with Crippen molar-refractivity contribution in [3.05, 3.63) is 29.8 Å². The maximum absolute atomic E-state index is 11.6. The van der Waals surface area contributed by atoms with E-state index < -0.39 is 6.10 Å². The molecule has 0 saturated heterocycles. The molecular formula is C18H27NO5. The monoisotopic (exact) mass is 337 g/mol. The number of carbonyl (C=O) groups excluding carboxylic acids is 1. The van der Waals surface area contributed by atoms with E-state index in [0.717, 1.165) is 25.7 Å². The Labute approximate surface area is 142 Å². The molecule has 0 radical (unpaired) electrons. The molecule has 1 saturated carbocycles. The minimum absolute atomic E-state index is 0.172. The molecule has 1 fully saturated rings. The zero-order chi connectivity index (χ0) is 17.4. The standard InChI is InChI=1S/C18H27NO5/c1-2-23-18(22)13-3-9-17(10-4-13)24-12-16(21)11-19-14-5-7-15(20)8-6-14/h3-4,9-10,14-16,19-21H,2,5-8,11-12H2,1H3. The van der Waals surface area contributed by atoms with Gasteiger partial charge in [0.2, 0.25) is 0 Å². The lowest BCUT2D eigenvalue weighted by molar-refractivity contribution is 0.0526. The molecule has 1 aliphatic carbocycles. The lowest BCUT2D eigenvalue weighted by Gasteiger charge is -2.27. The van der Waals surface area contributed by atoms with Gasteiger partial charge in [-0.3, -0.25) is 0 Å². The summed E-state index contributed by atoms with van der Waals surface area (Å²) >= 11 is 0. The third-order valence-corrected chi connectivity index (χ3v) is 4.15. The van der Waals surface area contributed by atoms with Crippen LogP contribution in [-0.4, -0.2) is 54.2 Å². The highest BCUT2D eigenvalue weighted by molar-refractivity contribution is 5.89. The smallest absolute Gasteiger partial charge is 0.338 e. The van der Waals surface area contributed by atoms with Crippen molar-refractivity contribution >= 4 is 5.97 Å². The molecular weight excluding hydrogens is 310 g/mol. The van der Waals surface area contributed by atoms with Crippen LogP contribution in [0.15, 0.2) is 24.3 Å². The van der Waals surface area contributed by atoms with Gasteiger partial charge in [-0.05, 0) is 56.9 Å². The predicted octanol–water partition coefficient (Wildman–Crippen LogP) is 1.50. The Balaban J connectivity index is 1.67. The maximum Gasteiger partial charge on any atom is 0.338 e. The van der Waals surface area contributed by atoms with E-state index in [-0.39, 0.29) is 18.7 Å². The first-order valence-corrected chi connectivity index (χ1v) is 8.58. The average molecular weight is 337 g/mol. The number of aliphatic hydroxyl groups excluding tert-OH is 2. The molecule has 0 aliphatic heterocycles. The summed E-state index contributed by atoms with van der Waals surface area (Å²) in [5.41, 5.74) is 0.478. The van der Waals surface area contributed by atoms with E-state index in [9.17, 15) is 15.0 Å². The molecule has 3 N–H and O–H groups in total. The first-order valence-electron chi connectivity index (χ1n) is 8.58. The molecule has 0 bridgehead atoms. The molecule has 0 spiro atoms. The Bertz CT molecular complexity index is 497. The summed E-state index contributed by atoms with van der Waals surface area (Å²) < 4.78 is 10.5. The van der Waals surface area contributed by atoms with Crippen molar-refractivity contribution in [2.75, 3.05) is 19.8 Å². The van der Waals surface area contributed by atoms with Crippen LogP contribution in [0.5, 0.6) is 5.75 Å². The molecule has 2 rings (SSSR count). The molecule has 6 heteroatoms. The molecule has 1 unspecified atom stereocenters. The number of esters is 1. The van der Waals surface area contributed by atoms with Gasteiger partial charge < -0.3 is 25.0 Å². The van der Waals surface area contributed by atoms with Gasteiger partial charge in [-0.15, -0.1) is 0 Å². The second kappa shape index (κ2) is 9.61. The van der Waals surface area contributed by atoms with Gasteiger partial charge >= 0.3 is 5.97 Å². The third-order valence-electron chi connectivity index (χ3n) is 4.15. The number of hydrogen-bond acceptors (Lipinski definition) is 6. The van der Waals surface area contributed by atoms with Gasteiger partial charge in [0.1, 0.15) is 18.5 Å². The zero-order valence-corrected chi connectivity index (χ0v) is 14.1. The lowest BCUT2D eigenvalue weighted by atomic mass is 9.93. The zero-order valence-electron chi connectivity index (χ0n) is 14.1. The summed E-state index contributed by atoms with van der Waals surface area (Å²) in [6.07, 6.45) is 2.72. The van der Waals surface area contributed by atoms with E-state index >= 15 is 0 Å². The van der Waals surface area contributed by atoms with E-state index in [4.69, 9.17) is 9.47 Å². The van der Waals surface area contributed by atoms with E-state index in [2.05, 4.69) is 5.32 Å². The number of nitrogens with one attached hydrogen (secondary N) is 1. The fourth-order valence-corrected chi connectivity index (χ4v) is 2.74. The summed E-state index contributed by atoms with van der Waals surface area (Å²) in [5, 5.41) is 22.8. The summed E-state index contributed by atoms with van der Waals surface area (Å²) in [6, 6.07) is 7.02. The van der Waals surface area contributed by atoms with Crippen molar-refractivity contribution in [3.63, 3.8) is 0 Å². The molecule has 24 heavy (non-hydrogen) atoms. The summed E-state index contributed by atoms with van der Waals surface area (Å²) in [6.45, 7) is 2.75. The fraction of sp³-hybridized carbons (Fsp3) is 0.611. The Morgan fingerprint density at radius 3 is 2.54 bits per heavy atom. The van der Waals surface area contributed by atoms with Crippen LogP contribution in [0.2, 0.25) is 0 Å². The van der Waals surface area contributed by atoms with Crippen molar-refractivity contribution in [1.82, 2.24) is 5.32 Å². The summed E-state index contributed by atoms with van der Waals surface area (Å²) in [4.78, 5) is 11.6. The van der Waals surface area contributed by atoms with E-state index in [1.54, 1.807) is 31.2 Å². The predicted molar refractivity (Wildman–Crippen MR) is 90.2 cm³/mol. The number of ether oxygens (including phenoxy) is 2. The van der Waals surface area contributed by atoms with Gasteiger partial charge in [0.25, 0.3) is 0 Å². The van der Waals surface area contributed by atoms with Crippen LogP contribution in [0.3, 0.4) is 0 Å². The van der Waals surface area contributed by atoms with Gasteiger partial charge in [-0.2, -0.15) is 0 Å².